The van der Waals surface area contributed by atoms with Crippen molar-refractivity contribution in [3.8, 4) is 0 Å². The van der Waals surface area contributed by atoms with Crippen molar-refractivity contribution in [3.05, 3.63) is 59.3 Å². The van der Waals surface area contributed by atoms with E-state index in [-0.39, 0.29) is 12.0 Å². The Morgan fingerprint density at radius 1 is 1.23 bits per heavy atom. The van der Waals surface area contributed by atoms with Crippen LogP contribution in [0.25, 0.3) is 0 Å². The quantitative estimate of drug-likeness (QED) is 0.804. The van der Waals surface area contributed by atoms with Crippen molar-refractivity contribution in [3.63, 3.8) is 0 Å². The van der Waals surface area contributed by atoms with Gasteiger partial charge >= 0.3 is 5.97 Å². The van der Waals surface area contributed by atoms with Gasteiger partial charge in [0.2, 0.25) is 0 Å². The van der Waals surface area contributed by atoms with Gasteiger partial charge in [-0.1, -0.05) is 30.3 Å². The van der Waals surface area contributed by atoms with Crippen molar-refractivity contribution in [2.75, 3.05) is 45.3 Å². The summed E-state index contributed by atoms with van der Waals surface area (Å²) in [5.74, 6) is 0.390. The first kappa shape index (κ1) is 18.4. The molecule has 6 nitrogen and oxygen atoms in total. The van der Waals surface area contributed by atoms with E-state index < -0.39 is 0 Å². The fraction of sp³-hybridized carbons (Fsp3) is 0.400. The first-order chi connectivity index (χ1) is 12.7. The molecule has 1 aromatic heterocycles. The Balaban J connectivity index is 1.73. The minimum atomic E-state index is -0.364. The predicted octanol–water partition coefficient (Wildman–Crippen LogP) is 2.66. The number of aromatic nitrogens is 1. The monoisotopic (exact) mass is 355 g/mol. The molecule has 1 aliphatic heterocycles. The van der Waals surface area contributed by atoms with Crippen LogP contribution in [0, 0.1) is 6.92 Å². The highest BCUT2D eigenvalue weighted by atomic mass is 16.5. The van der Waals surface area contributed by atoms with Crippen LogP contribution in [-0.4, -0.2) is 55.8 Å². The molecule has 0 spiro atoms. The molecule has 0 radical (unpaired) electrons. The SMILES string of the molecule is COC(=O)c1ccc(NCC(c2ccccc2)N2CCOCC2)nc1C. The van der Waals surface area contributed by atoms with E-state index in [9.17, 15) is 4.79 Å². The molecule has 3 rings (SSSR count). The lowest BCUT2D eigenvalue weighted by Gasteiger charge is -2.35. The van der Waals surface area contributed by atoms with Gasteiger partial charge in [0.05, 0.1) is 37.6 Å². The van der Waals surface area contributed by atoms with Gasteiger partial charge in [0.25, 0.3) is 0 Å². The van der Waals surface area contributed by atoms with E-state index >= 15 is 0 Å². The number of nitrogens with zero attached hydrogens (tertiary/aromatic N) is 2. The number of anilines is 1. The van der Waals surface area contributed by atoms with E-state index in [1.807, 2.05) is 19.1 Å². The molecule has 2 aromatic rings. The highest BCUT2D eigenvalue weighted by Gasteiger charge is 2.22. The summed E-state index contributed by atoms with van der Waals surface area (Å²) in [4.78, 5) is 18.6. The number of hydrogen-bond acceptors (Lipinski definition) is 6. The first-order valence-corrected chi connectivity index (χ1v) is 8.85. The second-order valence-electron chi connectivity index (χ2n) is 6.28. The molecule has 1 fully saturated rings. The van der Waals surface area contributed by atoms with Crippen molar-refractivity contribution >= 4 is 11.8 Å². The lowest BCUT2D eigenvalue weighted by atomic mass is 10.0. The van der Waals surface area contributed by atoms with Crippen molar-refractivity contribution in [2.24, 2.45) is 0 Å². The minimum absolute atomic E-state index is 0.238. The van der Waals surface area contributed by atoms with Gasteiger partial charge in [0.15, 0.2) is 0 Å². The molecular formula is C20H25N3O3. The second-order valence-corrected chi connectivity index (χ2v) is 6.28. The Morgan fingerprint density at radius 2 is 1.96 bits per heavy atom. The lowest BCUT2D eigenvalue weighted by Crippen LogP contribution is -2.41. The summed E-state index contributed by atoms with van der Waals surface area (Å²) < 4.78 is 10.3. The first-order valence-electron chi connectivity index (χ1n) is 8.85. The predicted molar refractivity (Wildman–Crippen MR) is 100 cm³/mol. The summed E-state index contributed by atoms with van der Waals surface area (Å²) >= 11 is 0. The molecule has 1 atom stereocenters. The molecule has 138 valence electrons. The maximum atomic E-state index is 11.7. The topological polar surface area (TPSA) is 63.7 Å². The van der Waals surface area contributed by atoms with Crippen LogP contribution >= 0.6 is 0 Å². The van der Waals surface area contributed by atoms with Gasteiger partial charge in [0.1, 0.15) is 5.82 Å². The molecule has 0 amide bonds. The Hall–Kier alpha value is -2.44. The number of esters is 1. The number of morpholine rings is 1. The molecule has 1 unspecified atom stereocenters. The smallest absolute Gasteiger partial charge is 0.339 e. The van der Waals surface area contributed by atoms with Crippen LogP contribution < -0.4 is 5.32 Å². The van der Waals surface area contributed by atoms with Crippen molar-refractivity contribution in [2.45, 2.75) is 13.0 Å². The number of benzene rings is 1. The van der Waals surface area contributed by atoms with E-state index in [0.29, 0.717) is 11.3 Å². The van der Waals surface area contributed by atoms with E-state index in [2.05, 4.69) is 39.5 Å². The van der Waals surface area contributed by atoms with Crippen LogP contribution in [0.5, 0.6) is 0 Å². The molecule has 1 N–H and O–H groups in total. The number of hydrogen-bond donors (Lipinski definition) is 1. The van der Waals surface area contributed by atoms with E-state index in [0.717, 1.165) is 38.7 Å². The zero-order valence-corrected chi connectivity index (χ0v) is 15.3. The Morgan fingerprint density at radius 3 is 2.62 bits per heavy atom. The fourth-order valence-electron chi connectivity index (χ4n) is 3.21. The second kappa shape index (κ2) is 8.78. The largest absolute Gasteiger partial charge is 0.465 e. The molecule has 26 heavy (non-hydrogen) atoms. The van der Waals surface area contributed by atoms with Crippen molar-refractivity contribution < 1.29 is 14.3 Å². The summed E-state index contributed by atoms with van der Waals surface area (Å²) in [6, 6.07) is 14.3. The maximum Gasteiger partial charge on any atom is 0.339 e. The normalized spacial score (nSPS) is 16.1. The van der Waals surface area contributed by atoms with Crippen LogP contribution in [0.3, 0.4) is 0 Å². The lowest BCUT2D eigenvalue weighted by molar-refractivity contribution is 0.0187. The van der Waals surface area contributed by atoms with Gasteiger partial charge in [-0.3, -0.25) is 4.90 Å². The van der Waals surface area contributed by atoms with Crippen LogP contribution in [0.2, 0.25) is 0 Å². The number of methoxy groups -OCH3 is 1. The van der Waals surface area contributed by atoms with Gasteiger partial charge in [-0.25, -0.2) is 9.78 Å². The van der Waals surface area contributed by atoms with Crippen LogP contribution in [0.1, 0.15) is 27.7 Å². The van der Waals surface area contributed by atoms with E-state index in [1.165, 1.54) is 12.7 Å². The van der Waals surface area contributed by atoms with Gasteiger partial charge in [-0.2, -0.15) is 0 Å². The zero-order chi connectivity index (χ0) is 18.4. The van der Waals surface area contributed by atoms with Crippen molar-refractivity contribution in [1.29, 1.82) is 0 Å². The van der Waals surface area contributed by atoms with Gasteiger partial charge in [-0.05, 0) is 24.6 Å². The summed E-state index contributed by atoms with van der Waals surface area (Å²) in [7, 11) is 1.38. The molecule has 1 aromatic carbocycles. The summed E-state index contributed by atoms with van der Waals surface area (Å²) in [5, 5.41) is 3.42. The molecule has 1 aliphatic rings. The van der Waals surface area contributed by atoms with Gasteiger partial charge in [-0.15, -0.1) is 0 Å². The Labute approximate surface area is 154 Å². The van der Waals surface area contributed by atoms with E-state index in [1.54, 1.807) is 6.07 Å². The third kappa shape index (κ3) is 4.39. The molecule has 0 bridgehead atoms. The standard InChI is InChI=1S/C20H25N3O3/c1-15-17(20(24)25-2)8-9-19(22-15)21-14-18(16-6-4-3-5-7-16)23-10-12-26-13-11-23/h3-9,18H,10-14H2,1-2H3,(H,21,22). The minimum Gasteiger partial charge on any atom is -0.465 e. The average Bonchev–Trinajstić information content (AvgIpc) is 2.69. The molecule has 1 saturated heterocycles. The number of aryl methyl sites for hydroxylation is 1. The van der Waals surface area contributed by atoms with Crippen LogP contribution in [0.15, 0.2) is 42.5 Å². The maximum absolute atomic E-state index is 11.7. The molecule has 0 aliphatic carbocycles. The number of carbonyl (C=O) groups excluding carboxylic acids is 1. The number of carbonyl (C=O) groups is 1. The third-order valence-corrected chi connectivity index (χ3v) is 4.64. The van der Waals surface area contributed by atoms with Gasteiger partial charge in [0, 0.05) is 19.6 Å². The Bertz CT molecular complexity index is 730. The average molecular weight is 355 g/mol. The van der Waals surface area contributed by atoms with E-state index in [4.69, 9.17) is 9.47 Å². The molecule has 6 heteroatoms. The number of pyridine rings is 1. The molecule has 2 heterocycles. The van der Waals surface area contributed by atoms with Crippen molar-refractivity contribution in [1.82, 2.24) is 9.88 Å². The summed E-state index contributed by atoms with van der Waals surface area (Å²) in [5.41, 5.74) is 2.42. The highest BCUT2D eigenvalue weighted by Crippen LogP contribution is 2.22. The molecular weight excluding hydrogens is 330 g/mol. The summed E-state index contributed by atoms with van der Waals surface area (Å²) in [6.07, 6.45) is 0. The summed E-state index contributed by atoms with van der Waals surface area (Å²) in [6.45, 7) is 5.88. The molecule has 0 saturated carbocycles. The Kier molecular flexibility index (Phi) is 6.20. The number of ether oxygens (including phenoxy) is 2. The highest BCUT2D eigenvalue weighted by molar-refractivity contribution is 5.90. The number of rotatable bonds is 6. The fourth-order valence-corrected chi connectivity index (χ4v) is 3.21. The van der Waals surface area contributed by atoms with Crippen LogP contribution in [0.4, 0.5) is 5.82 Å². The third-order valence-electron chi connectivity index (χ3n) is 4.64. The van der Waals surface area contributed by atoms with Gasteiger partial charge < -0.3 is 14.8 Å². The number of nitrogens with one attached hydrogen (secondary N) is 1. The van der Waals surface area contributed by atoms with Crippen LogP contribution in [-0.2, 0) is 9.47 Å². The zero-order valence-electron chi connectivity index (χ0n) is 15.3.